The van der Waals surface area contributed by atoms with Crippen molar-refractivity contribution in [3.8, 4) is 0 Å². The summed E-state index contributed by atoms with van der Waals surface area (Å²) in [6.07, 6.45) is 2.04. The van der Waals surface area contributed by atoms with E-state index in [1.807, 2.05) is 29.3 Å². The van der Waals surface area contributed by atoms with Gasteiger partial charge in [-0.3, -0.25) is 4.79 Å². The van der Waals surface area contributed by atoms with Crippen molar-refractivity contribution < 1.29 is 9.18 Å². The summed E-state index contributed by atoms with van der Waals surface area (Å²) in [6, 6.07) is 8.89. The van der Waals surface area contributed by atoms with E-state index >= 15 is 0 Å². The summed E-state index contributed by atoms with van der Waals surface area (Å²) in [4.78, 5) is 15.2. The van der Waals surface area contributed by atoms with Crippen LogP contribution in [-0.2, 0) is 6.54 Å². The summed E-state index contributed by atoms with van der Waals surface area (Å²) in [6.45, 7) is 2.30. The van der Waals surface area contributed by atoms with Crippen LogP contribution in [0.25, 0.3) is 0 Å². The van der Waals surface area contributed by atoms with Crippen LogP contribution in [0.3, 0.4) is 0 Å². The van der Waals surface area contributed by atoms with Crippen LogP contribution in [0.5, 0.6) is 0 Å². The monoisotopic (exact) mass is 289 g/mol. The molecule has 20 heavy (non-hydrogen) atoms. The molecule has 1 aromatic heterocycles. The zero-order valence-corrected chi connectivity index (χ0v) is 12.1. The van der Waals surface area contributed by atoms with Crippen LogP contribution in [0.2, 0.25) is 0 Å². The fourth-order valence-electron chi connectivity index (χ4n) is 2.29. The Hall–Kier alpha value is -1.68. The number of thiophene rings is 1. The van der Waals surface area contributed by atoms with E-state index in [0.29, 0.717) is 12.1 Å². The quantitative estimate of drug-likeness (QED) is 0.833. The third kappa shape index (κ3) is 2.61. The Kier molecular flexibility index (Phi) is 3.57. The summed E-state index contributed by atoms with van der Waals surface area (Å²) in [5.74, 6) is -0.211. The molecule has 1 fully saturated rings. The zero-order chi connectivity index (χ0) is 14.1. The van der Waals surface area contributed by atoms with E-state index in [2.05, 4.69) is 0 Å². The van der Waals surface area contributed by atoms with Gasteiger partial charge in [-0.25, -0.2) is 4.39 Å². The number of carbonyl (C=O) groups excluding carboxylic acids is 1. The molecule has 0 atom stereocenters. The Morgan fingerprint density at radius 1 is 1.35 bits per heavy atom. The summed E-state index contributed by atoms with van der Waals surface area (Å²) in [5, 5.41) is 1.93. The normalized spacial score (nSPS) is 14.3. The first kappa shape index (κ1) is 13.3. The van der Waals surface area contributed by atoms with Crippen molar-refractivity contribution in [1.82, 2.24) is 4.90 Å². The molecule has 1 aliphatic rings. The lowest BCUT2D eigenvalue weighted by Crippen LogP contribution is -2.32. The van der Waals surface area contributed by atoms with Crippen LogP contribution in [0.1, 0.15) is 33.6 Å². The minimum Gasteiger partial charge on any atom is -0.331 e. The molecule has 104 valence electrons. The topological polar surface area (TPSA) is 20.3 Å². The lowest BCUT2D eigenvalue weighted by Gasteiger charge is -2.22. The molecule has 2 aromatic rings. The molecule has 1 amide bonds. The van der Waals surface area contributed by atoms with Gasteiger partial charge in [-0.15, -0.1) is 11.3 Å². The van der Waals surface area contributed by atoms with Gasteiger partial charge < -0.3 is 4.90 Å². The van der Waals surface area contributed by atoms with Crippen molar-refractivity contribution >= 4 is 17.2 Å². The van der Waals surface area contributed by atoms with E-state index in [1.54, 1.807) is 12.1 Å². The highest BCUT2D eigenvalue weighted by atomic mass is 32.1. The molecule has 1 heterocycles. The van der Waals surface area contributed by atoms with E-state index in [0.717, 1.165) is 23.3 Å². The Balaban J connectivity index is 1.85. The highest BCUT2D eigenvalue weighted by Crippen LogP contribution is 2.31. The summed E-state index contributed by atoms with van der Waals surface area (Å²) in [5.41, 5.74) is 1.58. The highest BCUT2D eigenvalue weighted by Gasteiger charge is 2.34. The lowest BCUT2D eigenvalue weighted by molar-refractivity contribution is 0.0732. The minimum atomic E-state index is -0.242. The van der Waals surface area contributed by atoms with Crippen molar-refractivity contribution in [3.05, 3.63) is 57.5 Å². The zero-order valence-electron chi connectivity index (χ0n) is 11.3. The molecular formula is C16H16FNOS. The van der Waals surface area contributed by atoms with Gasteiger partial charge >= 0.3 is 0 Å². The van der Waals surface area contributed by atoms with E-state index in [-0.39, 0.29) is 17.8 Å². The number of aryl methyl sites for hydroxylation is 1. The van der Waals surface area contributed by atoms with Gasteiger partial charge in [0.25, 0.3) is 5.91 Å². The molecule has 0 bridgehead atoms. The number of amides is 1. The number of halogens is 1. The molecule has 0 radical (unpaired) electrons. The maximum absolute atomic E-state index is 13.8. The lowest BCUT2D eigenvalue weighted by atomic mass is 10.2. The Labute approximate surface area is 121 Å². The van der Waals surface area contributed by atoms with Gasteiger partial charge in [-0.1, -0.05) is 18.2 Å². The number of hydrogen-bond acceptors (Lipinski definition) is 2. The van der Waals surface area contributed by atoms with Crippen molar-refractivity contribution in [2.45, 2.75) is 32.4 Å². The first-order valence-electron chi connectivity index (χ1n) is 6.75. The van der Waals surface area contributed by atoms with Gasteiger partial charge in [0.1, 0.15) is 5.82 Å². The predicted octanol–water partition coefficient (Wildman–Crippen LogP) is 4.00. The second-order valence-electron chi connectivity index (χ2n) is 5.19. The van der Waals surface area contributed by atoms with E-state index in [4.69, 9.17) is 0 Å². The van der Waals surface area contributed by atoms with Crippen molar-refractivity contribution in [1.29, 1.82) is 0 Å². The van der Waals surface area contributed by atoms with Crippen molar-refractivity contribution in [3.63, 3.8) is 0 Å². The molecule has 0 unspecified atom stereocenters. The SMILES string of the molecule is Cc1ccsc1C(=O)N(Cc1ccccc1F)C1CC1. The standard InChI is InChI=1S/C16H16FNOS/c1-11-8-9-20-15(11)16(19)18(13-6-7-13)10-12-4-2-3-5-14(12)17/h2-5,8-9,13H,6-7,10H2,1H3. The molecule has 3 rings (SSSR count). The number of hydrogen-bond donors (Lipinski definition) is 0. The summed E-state index contributed by atoms with van der Waals surface area (Å²) in [7, 11) is 0. The van der Waals surface area contributed by atoms with Crippen LogP contribution in [0, 0.1) is 12.7 Å². The van der Waals surface area contributed by atoms with Gasteiger partial charge in [0, 0.05) is 18.2 Å². The molecule has 0 aliphatic heterocycles. The molecule has 1 aliphatic carbocycles. The fourth-order valence-corrected chi connectivity index (χ4v) is 3.17. The third-order valence-corrected chi connectivity index (χ3v) is 4.61. The van der Waals surface area contributed by atoms with Crippen molar-refractivity contribution in [2.24, 2.45) is 0 Å². The van der Waals surface area contributed by atoms with E-state index in [1.165, 1.54) is 17.4 Å². The number of carbonyl (C=O) groups is 1. The second kappa shape index (κ2) is 5.37. The first-order valence-corrected chi connectivity index (χ1v) is 7.63. The minimum absolute atomic E-state index is 0.0308. The maximum Gasteiger partial charge on any atom is 0.264 e. The number of rotatable bonds is 4. The van der Waals surface area contributed by atoms with Gasteiger partial charge in [0.05, 0.1) is 4.88 Å². The van der Waals surface area contributed by atoms with Crippen LogP contribution in [-0.4, -0.2) is 16.8 Å². The molecule has 0 spiro atoms. The molecule has 2 nitrogen and oxygen atoms in total. The summed E-state index contributed by atoms with van der Waals surface area (Å²) < 4.78 is 13.8. The molecule has 1 saturated carbocycles. The van der Waals surface area contributed by atoms with Crippen LogP contribution < -0.4 is 0 Å². The van der Waals surface area contributed by atoms with Crippen molar-refractivity contribution in [2.75, 3.05) is 0 Å². The number of nitrogens with zero attached hydrogens (tertiary/aromatic N) is 1. The molecule has 0 saturated heterocycles. The van der Waals surface area contributed by atoms with Gasteiger partial charge in [-0.05, 0) is 42.8 Å². The predicted molar refractivity (Wildman–Crippen MR) is 78.4 cm³/mol. The Morgan fingerprint density at radius 2 is 2.10 bits per heavy atom. The van der Waals surface area contributed by atoms with Crippen LogP contribution in [0.4, 0.5) is 4.39 Å². The van der Waals surface area contributed by atoms with Gasteiger partial charge in [-0.2, -0.15) is 0 Å². The Morgan fingerprint density at radius 3 is 2.70 bits per heavy atom. The fraction of sp³-hybridized carbons (Fsp3) is 0.312. The molecule has 4 heteroatoms. The number of benzene rings is 1. The second-order valence-corrected chi connectivity index (χ2v) is 6.10. The van der Waals surface area contributed by atoms with Crippen LogP contribution >= 0.6 is 11.3 Å². The van der Waals surface area contributed by atoms with E-state index < -0.39 is 0 Å². The van der Waals surface area contributed by atoms with Crippen LogP contribution in [0.15, 0.2) is 35.7 Å². The highest BCUT2D eigenvalue weighted by molar-refractivity contribution is 7.12. The average Bonchev–Trinajstić information content (AvgIpc) is 3.19. The largest absolute Gasteiger partial charge is 0.331 e. The average molecular weight is 289 g/mol. The Bertz CT molecular complexity index is 633. The van der Waals surface area contributed by atoms with Gasteiger partial charge in [0.15, 0.2) is 0 Å². The van der Waals surface area contributed by atoms with E-state index in [9.17, 15) is 9.18 Å². The summed E-state index contributed by atoms with van der Waals surface area (Å²) >= 11 is 1.46. The maximum atomic E-state index is 13.8. The van der Waals surface area contributed by atoms with Gasteiger partial charge in [0.2, 0.25) is 0 Å². The molecule has 1 aromatic carbocycles. The third-order valence-electron chi connectivity index (χ3n) is 3.60. The first-order chi connectivity index (χ1) is 9.66. The smallest absolute Gasteiger partial charge is 0.264 e. The molecular weight excluding hydrogens is 273 g/mol. The molecule has 0 N–H and O–H groups in total.